The molecule has 0 unspecified atom stereocenters. The summed E-state index contributed by atoms with van der Waals surface area (Å²) in [7, 11) is 0. The van der Waals surface area contributed by atoms with E-state index in [1.54, 1.807) is 6.07 Å². The van der Waals surface area contributed by atoms with Gasteiger partial charge in [-0.2, -0.15) is 0 Å². The van der Waals surface area contributed by atoms with Crippen molar-refractivity contribution in [3.05, 3.63) is 107 Å². The molecule has 0 spiro atoms. The quantitative estimate of drug-likeness (QED) is 0.205. The summed E-state index contributed by atoms with van der Waals surface area (Å²) in [5, 5.41) is 2.94. The van der Waals surface area contributed by atoms with E-state index in [-0.39, 0.29) is 17.9 Å². The highest BCUT2D eigenvalue weighted by Gasteiger charge is 2.32. The summed E-state index contributed by atoms with van der Waals surface area (Å²) < 4.78 is 20.3. The van der Waals surface area contributed by atoms with Crippen LogP contribution in [-0.4, -0.2) is 62.1 Å². The third-order valence-corrected chi connectivity index (χ3v) is 8.43. The lowest BCUT2D eigenvalue weighted by Gasteiger charge is -2.43. The number of nitrogens with two attached hydrogens (primary N) is 2. The number of para-hydroxylation sites is 1. The first-order valence-electron chi connectivity index (χ1n) is 15.9. The lowest BCUT2D eigenvalue weighted by atomic mass is 9.96. The monoisotopic (exact) mass is 623 g/mol. The van der Waals surface area contributed by atoms with Crippen LogP contribution in [0.4, 0.5) is 10.1 Å². The number of ether oxygens (including phenoxy) is 1. The zero-order valence-corrected chi connectivity index (χ0v) is 26.5. The van der Waals surface area contributed by atoms with Gasteiger partial charge in [0.15, 0.2) is 0 Å². The Balaban J connectivity index is 1.45. The molecule has 46 heavy (non-hydrogen) atoms. The molecule has 240 valence electrons. The smallest absolute Gasteiger partial charge is 0.254 e. The SMILES string of the molecule is CCOc1ccccc1-c1ccc(N2CCN(C(=O)c3ccc(F)cc3-c3ccc(CN)cc3)C[C@H]2CC)c(C(=O)NCCN)c1. The maximum absolute atomic E-state index is 14.4. The second kappa shape index (κ2) is 15.0. The highest BCUT2D eigenvalue weighted by molar-refractivity contribution is 6.02. The Hall–Kier alpha value is -4.73. The van der Waals surface area contributed by atoms with Crippen molar-refractivity contribution in [2.24, 2.45) is 11.5 Å². The molecule has 1 heterocycles. The van der Waals surface area contributed by atoms with Crippen LogP contribution in [0.2, 0.25) is 0 Å². The summed E-state index contributed by atoms with van der Waals surface area (Å²) in [4.78, 5) is 31.6. The summed E-state index contributed by atoms with van der Waals surface area (Å²) >= 11 is 0. The number of halogens is 1. The normalized spacial score (nSPS) is 14.7. The van der Waals surface area contributed by atoms with Crippen molar-refractivity contribution >= 4 is 17.5 Å². The number of amides is 2. The Kier molecular flexibility index (Phi) is 10.7. The summed E-state index contributed by atoms with van der Waals surface area (Å²) in [6, 6.07) is 25.5. The van der Waals surface area contributed by atoms with Crippen LogP contribution in [0.15, 0.2) is 84.9 Å². The van der Waals surface area contributed by atoms with Crippen LogP contribution in [0.3, 0.4) is 0 Å². The van der Waals surface area contributed by atoms with Gasteiger partial charge in [-0.1, -0.05) is 55.5 Å². The van der Waals surface area contributed by atoms with Crippen molar-refractivity contribution in [2.45, 2.75) is 32.9 Å². The maximum atomic E-state index is 14.4. The van der Waals surface area contributed by atoms with Crippen molar-refractivity contribution in [1.29, 1.82) is 0 Å². The van der Waals surface area contributed by atoms with E-state index in [1.165, 1.54) is 12.1 Å². The van der Waals surface area contributed by atoms with Gasteiger partial charge in [-0.05, 0) is 72.0 Å². The minimum atomic E-state index is -0.404. The van der Waals surface area contributed by atoms with E-state index in [4.69, 9.17) is 16.2 Å². The molecule has 8 nitrogen and oxygen atoms in total. The molecule has 2 amide bonds. The molecule has 5 N–H and O–H groups in total. The maximum Gasteiger partial charge on any atom is 0.254 e. The zero-order chi connectivity index (χ0) is 32.6. The van der Waals surface area contributed by atoms with Crippen molar-refractivity contribution in [3.8, 4) is 28.0 Å². The van der Waals surface area contributed by atoms with E-state index in [0.717, 1.165) is 40.1 Å². The Morgan fingerprint density at radius 2 is 1.65 bits per heavy atom. The van der Waals surface area contributed by atoms with Gasteiger partial charge in [0.2, 0.25) is 0 Å². The van der Waals surface area contributed by atoms with Gasteiger partial charge in [0.05, 0.1) is 12.2 Å². The molecule has 0 aromatic heterocycles. The molecule has 1 aliphatic heterocycles. The summed E-state index contributed by atoms with van der Waals surface area (Å²) in [6.07, 6.45) is 0.749. The summed E-state index contributed by atoms with van der Waals surface area (Å²) in [6.45, 7) is 7.05. The second-order valence-electron chi connectivity index (χ2n) is 11.3. The molecule has 9 heteroatoms. The van der Waals surface area contributed by atoms with Crippen LogP contribution in [-0.2, 0) is 6.54 Å². The van der Waals surface area contributed by atoms with Crippen molar-refractivity contribution in [2.75, 3.05) is 44.2 Å². The largest absolute Gasteiger partial charge is 0.493 e. The lowest BCUT2D eigenvalue weighted by molar-refractivity contribution is 0.0720. The average Bonchev–Trinajstić information content (AvgIpc) is 3.10. The Bertz CT molecular complexity index is 1680. The molecule has 4 aromatic rings. The molecule has 1 saturated heterocycles. The highest BCUT2D eigenvalue weighted by Crippen LogP contribution is 2.35. The first kappa shape index (κ1) is 32.7. The molecule has 0 aliphatic carbocycles. The fourth-order valence-corrected chi connectivity index (χ4v) is 6.04. The molecule has 5 rings (SSSR count). The van der Waals surface area contributed by atoms with Gasteiger partial charge in [-0.3, -0.25) is 9.59 Å². The number of benzene rings is 4. The lowest BCUT2D eigenvalue weighted by Crippen LogP contribution is -2.55. The number of carbonyl (C=O) groups is 2. The van der Waals surface area contributed by atoms with Gasteiger partial charge >= 0.3 is 0 Å². The van der Waals surface area contributed by atoms with Crippen molar-refractivity contribution in [3.63, 3.8) is 0 Å². The predicted molar refractivity (Wildman–Crippen MR) is 181 cm³/mol. The highest BCUT2D eigenvalue weighted by atomic mass is 19.1. The van der Waals surface area contributed by atoms with Crippen LogP contribution in [0.25, 0.3) is 22.3 Å². The van der Waals surface area contributed by atoms with E-state index < -0.39 is 5.82 Å². The third-order valence-electron chi connectivity index (χ3n) is 8.43. The fourth-order valence-electron chi connectivity index (χ4n) is 6.04. The molecular formula is C37H42FN5O3. The molecule has 4 aromatic carbocycles. The Morgan fingerprint density at radius 1 is 0.891 bits per heavy atom. The second-order valence-corrected chi connectivity index (χ2v) is 11.3. The molecular weight excluding hydrogens is 581 g/mol. The number of piperazine rings is 1. The van der Waals surface area contributed by atoms with Crippen molar-refractivity contribution in [1.82, 2.24) is 10.2 Å². The Morgan fingerprint density at radius 3 is 2.37 bits per heavy atom. The van der Waals surface area contributed by atoms with E-state index in [1.807, 2.05) is 78.6 Å². The van der Waals surface area contributed by atoms with Gasteiger partial charge in [0.25, 0.3) is 11.8 Å². The van der Waals surface area contributed by atoms with E-state index >= 15 is 0 Å². The molecule has 0 radical (unpaired) electrons. The van der Waals surface area contributed by atoms with Crippen LogP contribution in [0.1, 0.15) is 46.5 Å². The van der Waals surface area contributed by atoms with Gasteiger partial charge < -0.3 is 31.3 Å². The molecule has 1 atom stereocenters. The summed E-state index contributed by atoms with van der Waals surface area (Å²) in [5.74, 6) is -0.0143. The van der Waals surface area contributed by atoms with E-state index in [0.29, 0.717) is 62.6 Å². The molecule has 0 saturated carbocycles. The van der Waals surface area contributed by atoms with Crippen LogP contribution in [0, 0.1) is 5.82 Å². The molecule has 1 fully saturated rings. The summed E-state index contributed by atoms with van der Waals surface area (Å²) in [5.41, 5.74) is 17.3. The van der Waals surface area contributed by atoms with Crippen LogP contribution >= 0.6 is 0 Å². The topological polar surface area (TPSA) is 114 Å². The van der Waals surface area contributed by atoms with E-state index in [2.05, 4.69) is 17.1 Å². The third kappa shape index (κ3) is 7.06. The standard InChI is InChI=1S/C37H42FN5O3/c1-3-29-24-42(37(45)31-15-14-28(38)22-32(31)26-11-9-25(23-40)10-12-26)19-20-43(29)34-16-13-27(21-33(34)36(44)41-18-17-39)30-7-5-6-8-35(30)46-4-2/h5-16,21-22,29H,3-4,17-20,23-24,39-40H2,1-2H3,(H,41,44)/t29-/m1/s1. The van der Waals surface area contributed by atoms with E-state index in [9.17, 15) is 14.0 Å². The van der Waals surface area contributed by atoms with Crippen molar-refractivity contribution < 1.29 is 18.7 Å². The van der Waals surface area contributed by atoms with Gasteiger partial charge in [0, 0.05) is 62.1 Å². The molecule has 0 bridgehead atoms. The minimum Gasteiger partial charge on any atom is -0.493 e. The predicted octanol–water partition coefficient (Wildman–Crippen LogP) is 5.45. The first-order valence-corrected chi connectivity index (χ1v) is 15.9. The first-order chi connectivity index (χ1) is 22.4. The number of nitrogens with one attached hydrogen (secondary N) is 1. The van der Waals surface area contributed by atoms with Gasteiger partial charge in [-0.15, -0.1) is 0 Å². The molecule has 1 aliphatic rings. The number of hydrogen-bond acceptors (Lipinski definition) is 6. The number of nitrogens with zero attached hydrogens (tertiary/aromatic N) is 2. The number of hydrogen-bond donors (Lipinski definition) is 3. The fraction of sp³-hybridized carbons (Fsp3) is 0.297. The number of carbonyl (C=O) groups excluding carboxylic acids is 2. The average molecular weight is 624 g/mol. The van der Waals surface area contributed by atoms with Gasteiger partial charge in [-0.25, -0.2) is 4.39 Å². The van der Waals surface area contributed by atoms with Gasteiger partial charge in [0.1, 0.15) is 11.6 Å². The zero-order valence-electron chi connectivity index (χ0n) is 26.5. The number of rotatable bonds is 11. The number of anilines is 1. The van der Waals surface area contributed by atoms with Crippen LogP contribution in [0.5, 0.6) is 5.75 Å². The Labute approximate surface area is 270 Å². The van der Waals surface area contributed by atoms with Crippen LogP contribution < -0.4 is 26.4 Å². The minimum absolute atomic E-state index is 0.0481.